The van der Waals surface area contributed by atoms with Crippen molar-refractivity contribution in [2.24, 2.45) is 0 Å². The molecule has 0 aliphatic carbocycles. The van der Waals surface area contributed by atoms with Crippen LogP contribution < -0.4 is 9.47 Å². The molecule has 2 aromatic carbocycles. The van der Waals surface area contributed by atoms with Crippen molar-refractivity contribution >= 4 is 27.7 Å². The van der Waals surface area contributed by atoms with Gasteiger partial charge in [-0.3, -0.25) is 0 Å². The Hall–Kier alpha value is -2.06. The number of nitrogens with zero attached hydrogens (tertiary/aromatic N) is 4. The lowest BCUT2D eigenvalue weighted by Crippen LogP contribution is -2.15. The van der Waals surface area contributed by atoms with Crippen molar-refractivity contribution in [1.29, 1.82) is 0 Å². The number of halogens is 1. The van der Waals surface area contributed by atoms with Gasteiger partial charge in [0.2, 0.25) is 5.16 Å². The van der Waals surface area contributed by atoms with Gasteiger partial charge >= 0.3 is 0 Å². The molecule has 1 aliphatic heterocycles. The molecule has 8 heteroatoms. The van der Waals surface area contributed by atoms with E-state index >= 15 is 0 Å². The molecule has 1 aromatic heterocycles. The molecule has 3 aromatic rings. The van der Waals surface area contributed by atoms with Crippen molar-refractivity contribution in [2.75, 3.05) is 13.2 Å². The molecule has 0 radical (unpaired) electrons. The highest BCUT2D eigenvalue weighted by molar-refractivity contribution is 9.10. The summed E-state index contributed by atoms with van der Waals surface area (Å²) in [5, 5.41) is 12.8. The minimum absolute atomic E-state index is 0.576. The summed E-state index contributed by atoms with van der Waals surface area (Å²) in [6.07, 6.45) is 0. The second kappa shape index (κ2) is 7.05. The zero-order valence-electron chi connectivity index (χ0n) is 13.5. The van der Waals surface area contributed by atoms with Gasteiger partial charge in [0.25, 0.3) is 0 Å². The zero-order valence-corrected chi connectivity index (χ0v) is 15.9. The zero-order chi connectivity index (χ0) is 17.2. The van der Waals surface area contributed by atoms with Crippen molar-refractivity contribution in [2.45, 2.75) is 17.8 Å². The molecule has 0 fully saturated rings. The van der Waals surface area contributed by atoms with Gasteiger partial charge in [-0.05, 0) is 47.2 Å². The Morgan fingerprint density at radius 2 is 1.84 bits per heavy atom. The van der Waals surface area contributed by atoms with Crippen LogP contribution in [0.2, 0.25) is 0 Å². The molecule has 0 amide bonds. The highest BCUT2D eigenvalue weighted by atomic mass is 79.9. The predicted molar refractivity (Wildman–Crippen MR) is 98.6 cm³/mol. The topological polar surface area (TPSA) is 62.1 Å². The minimum atomic E-state index is 0.576. The lowest BCUT2D eigenvalue weighted by atomic mass is 10.2. The van der Waals surface area contributed by atoms with Crippen LogP contribution in [0.3, 0.4) is 0 Å². The third-order valence-electron chi connectivity index (χ3n) is 3.79. The number of aromatic nitrogens is 4. The normalized spacial score (nSPS) is 13.0. The highest BCUT2D eigenvalue weighted by Gasteiger charge is 2.16. The van der Waals surface area contributed by atoms with Gasteiger partial charge in [-0.25, -0.2) is 0 Å². The molecule has 25 heavy (non-hydrogen) atoms. The fraction of sp³-hybridized carbons (Fsp3) is 0.235. The van der Waals surface area contributed by atoms with Gasteiger partial charge in [-0.1, -0.05) is 45.4 Å². The number of ether oxygens (including phenoxy) is 2. The molecule has 0 spiro atoms. The molecule has 0 saturated carbocycles. The van der Waals surface area contributed by atoms with E-state index in [9.17, 15) is 0 Å². The molecule has 0 atom stereocenters. The molecule has 0 unspecified atom stereocenters. The Morgan fingerprint density at radius 1 is 1.12 bits per heavy atom. The van der Waals surface area contributed by atoms with Crippen molar-refractivity contribution in [3.8, 4) is 17.2 Å². The van der Waals surface area contributed by atoms with Crippen LogP contribution in [-0.4, -0.2) is 33.4 Å². The molecular formula is C17H15BrN4O2S. The van der Waals surface area contributed by atoms with Gasteiger partial charge in [-0.2, -0.15) is 4.68 Å². The SMILES string of the molecule is Cc1ccc(-n2nnnc2SCc2cc3c(cc2Br)OCCO3)cc1. The summed E-state index contributed by atoms with van der Waals surface area (Å²) >= 11 is 5.17. The third kappa shape index (κ3) is 3.50. The van der Waals surface area contributed by atoms with Gasteiger partial charge in [0.1, 0.15) is 13.2 Å². The van der Waals surface area contributed by atoms with Gasteiger partial charge in [0.05, 0.1) is 5.69 Å². The summed E-state index contributed by atoms with van der Waals surface area (Å²) in [5.41, 5.74) is 3.25. The monoisotopic (exact) mass is 418 g/mol. The first-order valence-electron chi connectivity index (χ1n) is 7.77. The molecule has 1 aliphatic rings. The molecule has 0 saturated heterocycles. The lowest BCUT2D eigenvalue weighted by molar-refractivity contribution is 0.171. The second-order valence-corrected chi connectivity index (χ2v) is 7.38. The van der Waals surface area contributed by atoms with Crippen LogP contribution in [0.25, 0.3) is 5.69 Å². The Balaban J connectivity index is 1.55. The number of benzene rings is 2. The number of fused-ring (bicyclic) bond motifs is 1. The fourth-order valence-electron chi connectivity index (χ4n) is 2.48. The van der Waals surface area contributed by atoms with Crippen molar-refractivity contribution in [3.05, 3.63) is 52.0 Å². The van der Waals surface area contributed by atoms with Gasteiger partial charge < -0.3 is 9.47 Å². The Labute approximate surface area is 157 Å². The first-order chi connectivity index (χ1) is 12.2. The number of hydrogen-bond acceptors (Lipinski definition) is 6. The van der Waals surface area contributed by atoms with Gasteiger partial charge in [0.15, 0.2) is 11.5 Å². The van der Waals surface area contributed by atoms with Crippen LogP contribution in [0, 0.1) is 6.92 Å². The summed E-state index contributed by atoms with van der Waals surface area (Å²) in [6.45, 7) is 3.21. The number of tetrazole rings is 1. The van der Waals surface area contributed by atoms with E-state index in [-0.39, 0.29) is 0 Å². The van der Waals surface area contributed by atoms with Crippen LogP contribution in [0.15, 0.2) is 46.0 Å². The molecule has 128 valence electrons. The molecular weight excluding hydrogens is 404 g/mol. The highest BCUT2D eigenvalue weighted by Crippen LogP contribution is 2.37. The molecule has 0 bridgehead atoms. The quantitative estimate of drug-likeness (QED) is 0.600. The first kappa shape index (κ1) is 16.4. The van der Waals surface area contributed by atoms with Gasteiger partial charge in [0, 0.05) is 10.2 Å². The Bertz CT molecular complexity index is 898. The van der Waals surface area contributed by atoms with Crippen LogP contribution >= 0.6 is 27.7 Å². The molecule has 6 nitrogen and oxygen atoms in total. The van der Waals surface area contributed by atoms with Crippen molar-refractivity contribution < 1.29 is 9.47 Å². The lowest BCUT2D eigenvalue weighted by Gasteiger charge is -2.19. The number of aryl methyl sites for hydroxylation is 1. The van der Waals surface area contributed by atoms with E-state index in [4.69, 9.17) is 9.47 Å². The van der Waals surface area contributed by atoms with E-state index in [0.29, 0.717) is 19.0 Å². The minimum Gasteiger partial charge on any atom is -0.486 e. The van der Waals surface area contributed by atoms with Crippen molar-refractivity contribution in [3.63, 3.8) is 0 Å². The Kier molecular flexibility index (Phi) is 4.63. The van der Waals surface area contributed by atoms with E-state index in [1.54, 1.807) is 16.4 Å². The Morgan fingerprint density at radius 3 is 2.60 bits per heavy atom. The maximum absolute atomic E-state index is 5.66. The third-order valence-corrected chi connectivity index (χ3v) is 5.49. The van der Waals surface area contributed by atoms with E-state index < -0.39 is 0 Å². The molecule has 0 N–H and O–H groups in total. The average molecular weight is 419 g/mol. The second-order valence-electron chi connectivity index (χ2n) is 5.58. The summed E-state index contributed by atoms with van der Waals surface area (Å²) in [6, 6.07) is 12.1. The summed E-state index contributed by atoms with van der Waals surface area (Å²) in [5.74, 6) is 2.27. The smallest absolute Gasteiger partial charge is 0.214 e. The summed E-state index contributed by atoms with van der Waals surface area (Å²) < 4.78 is 14.0. The van der Waals surface area contributed by atoms with Crippen LogP contribution in [0.4, 0.5) is 0 Å². The van der Waals surface area contributed by atoms with E-state index in [1.807, 2.05) is 36.4 Å². The summed E-state index contributed by atoms with van der Waals surface area (Å²) in [7, 11) is 0. The first-order valence-corrected chi connectivity index (χ1v) is 9.55. The maximum atomic E-state index is 5.66. The van der Waals surface area contributed by atoms with E-state index in [0.717, 1.165) is 32.4 Å². The fourth-order valence-corrected chi connectivity index (χ4v) is 4.01. The largest absolute Gasteiger partial charge is 0.486 e. The molecule has 2 heterocycles. The number of thioether (sulfide) groups is 1. The van der Waals surface area contributed by atoms with Crippen molar-refractivity contribution in [1.82, 2.24) is 20.2 Å². The maximum Gasteiger partial charge on any atom is 0.214 e. The van der Waals surface area contributed by atoms with Gasteiger partial charge in [-0.15, -0.1) is 5.10 Å². The van der Waals surface area contributed by atoms with E-state index in [2.05, 4.69) is 38.4 Å². The van der Waals surface area contributed by atoms with Crippen LogP contribution in [-0.2, 0) is 5.75 Å². The average Bonchev–Trinajstić information content (AvgIpc) is 3.09. The number of rotatable bonds is 4. The molecule has 4 rings (SSSR count). The van der Waals surface area contributed by atoms with Crippen LogP contribution in [0.5, 0.6) is 11.5 Å². The number of hydrogen-bond donors (Lipinski definition) is 0. The standard InChI is InChI=1S/C17H15BrN4O2S/c1-11-2-4-13(5-3-11)22-17(19-20-21-22)25-10-12-8-15-16(9-14(12)18)24-7-6-23-15/h2-5,8-9H,6-7,10H2,1H3. The van der Waals surface area contributed by atoms with Crippen LogP contribution in [0.1, 0.15) is 11.1 Å². The predicted octanol–water partition coefficient (Wildman–Crippen LogP) is 3.80. The van der Waals surface area contributed by atoms with E-state index in [1.165, 1.54) is 5.56 Å². The summed E-state index contributed by atoms with van der Waals surface area (Å²) in [4.78, 5) is 0.